The minimum atomic E-state index is -4.10. The summed E-state index contributed by atoms with van der Waals surface area (Å²) in [5.41, 5.74) is -0.0382. The number of non-ortho nitro benzene ring substituents is 1. The average molecular weight is 463 g/mol. The first-order chi connectivity index (χ1) is 14.6. The molecule has 0 aliphatic heterocycles. The molecule has 0 saturated carbocycles. The summed E-state index contributed by atoms with van der Waals surface area (Å²) in [7, 11) is -4.10. The van der Waals surface area contributed by atoms with Gasteiger partial charge in [-0.3, -0.25) is 19.6 Å². The summed E-state index contributed by atoms with van der Waals surface area (Å²) in [6, 6.07) is 15.0. The Morgan fingerprint density at radius 2 is 1.81 bits per heavy atom. The molecular weight excluding hydrogens is 448 g/mol. The molecule has 0 bridgehead atoms. The van der Waals surface area contributed by atoms with Crippen molar-refractivity contribution in [1.29, 1.82) is 0 Å². The summed E-state index contributed by atoms with van der Waals surface area (Å²) in [6.45, 7) is 0. The molecule has 0 unspecified atom stereocenters. The van der Waals surface area contributed by atoms with Crippen LogP contribution in [0.25, 0.3) is 0 Å². The highest BCUT2D eigenvalue weighted by molar-refractivity contribution is 7.92. The van der Waals surface area contributed by atoms with E-state index in [0.29, 0.717) is 10.6 Å². The number of aliphatic carboxylic acids is 1. The molecule has 9 nitrogen and oxygen atoms in total. The summed E-state index contributed by atoms with van der Waals surface area (Å²) >= 11 is 5.79. The van der Waals surface area contributed by atoms with E-state index in [2.05, 4.69) is 4.72 Å². The molecule has 0 aliphatic carbocycles. The number of carboxylic acid groups (broad SMARTS) is 1. The molecule has 0 spiro atoms. The van der Waals surface area contributed by atoms with Gasteiger partial charge in [0.2, 0.25) is 0 Å². The Morgan fingerprint density at radius 1 is 1.10 bits per heavy atom. The van der Waals surface area contributed by atoms with Crippen LogP contribution in [-0.2, 0) is 21.2 Å². The van der Waals surface area contributed by atoms with E-state index in [1.54, 1.807) is 18.2 Å². The van der Waals surface area contributed by atoms with Crippen LogP contribution in [0.3, 0.4) is 0 Å². The van der Waals surface area contributed by atoms with Crippen molar-refractivity contribution >= 4 is 39.0 Å². The standard InChI is InChI=1S/C20H15ClN2O7S/c21-14-4-7-17(8-5-14)31(28,29)22-18-12-15(23(26)27)6-9-19(18)30-16-3-1-2-13(10-16)11-20(24)25/h1-10,12,22H,11H2,(H,24,25). The van der Waals surface area contributed by atoms with E-state index >= 15 is 0 Å². The normalized spacial score (nSPS) is 11.0. The number of rotatable bonds is 8. The minimum Gasteiger partial charge on any atom is -0.481 e. The Labute approximate surface area is 182 Å². The molecule has 0 radical (unpaired) electrons. The first-order valence-electron chi connectivity index (χ1n) is 8.69. The maximum atomic E-state index is 12.7. The Balaban J connectivity index is 1.97. The van der Waals surface area contributed by atoms with Crippen molar-refractivity contribution in [2.75, 3.05) is 4.72 Å². The summed E-state index contributed by atoms with van der Waals surface area (Å²) in [5.74, 6) is -0.793. The Bertz CT molecular complexity index is 1240. The molecular formula is C20H15ClN2O7S. The van der Waals surface area contributed by atoms with Crippen LogP contribution >= 0.6 is 11.6 Å². The maximum Gasteiger partial charge on any atom is 0.307 e. The van der Waals surface area contributed by atoms with Crippen molar-refractivity contribution in [3.63, 3.8) is 0 Å². The third kappa shape index (κ3) is 5.71. The van der Waals surface area contributed by atoms with Gasteiger partial charge in [0.25, 0.3) is 15.7 Å². The number of hydrogen-bond acceptors (Lipinski definition) is 6. The van der Waals surface area contributed by atoms with Gasteiger partial charge in [-0.15, -0.1) is 0 Å². The number of carboxylic acids is 1. The van der Waals surface area contributed by atoms with Crippen LogP contribution in [0.5, 0.6) is 11.5 Å². The lowest BCUT2D eigenvalue weighted by atomic mass is 10.1. The fraction of sp³-hybridized carbons (Fsp3) is 0.0500. The van der Waals surface area contributed by atoms with Gasteiger partial charge >= 0.3 is 5.97 Å². The van der Waals surface area contributed by atoms with Gasteiger partial charge in [0.1, 0.15) is 5.75 Å². The molecule has 0 aliphatic rings. The molecule has 3 aromatic carbocycles. The Hall–Kier alpha value is -3.63. The van der Waals surface area contributed by atoms with Crippen molar-refractivity contribution in [3.8, 4) is 11.5 Å². The maximum absolute atomic E-state index is 12.7. The van der Waals surface area contributed by atoms with Gasteiger partial charge in [0.15, 0.2) is 5.75 Å². The largest absolute Gasteiger partial charge is 0.481 e. The first-order valence-corrected chi connectivity index (χ1v) is 10.6. The number of benzene rings is 3. The number of ether oxygens (including phenoxy) is 1. The highest BCUT2D eigenvalue weighted by Gasteiger charge is 2.20. The molecule has 0 heterocycles. The van der Waals surface area contributed by atoms with Gasteiger partial charge < -0.3 is 9.84 Å². The molecule has 11 heteroatoms. The summed E-state index contributed by atoms with van der Waals surface area (Å²) in [6.07, 6.45) is -0.229. The number of anilines is 1. The summed E-state index contributed by atoms with van der Waals surface area (Å²) < 4.78 is 33.5. The number of nitrogens with zero attached hydrogens (tertiary/aromatic N) is 1. The molecule has 2 N–H and O–H groups in total. The van der Waals surface area contributed by atoms with Crippen molar-refractivity contribution in [2.45, 2.75) is 11.3 Å². The van der Waals surface area contributed by atoms with Gasteiger partial charge in [0.05, 0.1) is 21.9 Å². The zero-order valence-corrected chi connectivity index (χ0v) is 17.3. The number of nitro groups is 1. The van der Waals surface area contributed by atoms with E-state index < -0.39 is 20.9 Å². The molecule has 0 atom stereocenters. The second kappa shape index (κ2) is 9.02. The van der Waals surface area contributed by atoms with Crippen LogP contribution in [0.4, 0.5) is 11.4 Å². The van der Waals surface area contributed by atoms with Gasteiger partial charge in [-0.1, -0.05) is 23.7 Å². The van der Waals surface area contributed by atoms with E-state index in [1.165, 1.54) is 36.4 Å². The van der Waals surface area contributed by atoms with Crippen molar-refractivity contribution in [2.24, 2.45) is 0 Å². The van der Waals surface area contributed by atoms with Crippen LogP contribution in [-0.4, -0.2) is 24.4 Å². The van der Waals surface area contributed by atoms with E-state index in [9.17, 15) is 23.3 Å². The molecule has 0 aromatic heterocycles. The molecule has 0 saturated heterocycles. The zero-order chi connectivity index (χ0) is 22.6. The van der Waals surface area contributed by atoms with Crippen molar-refractivity contribution < 1.29 is 28.0 Å². The smallest absolute Gasteiger partial charge is 0.307 e. The number of hydrogen-bond donors (Lipinski definition) is 2. The van der Waals surface area contributed by atoms with Gasteiger partial charge in [-0.05, 0) is 48.0 Å². The molecule has 31 heavy (non-hydrogen) atoms. The third-order valence-corrected chi connectivity index (χ3v) is 5.66. The summed E-state index contributed by atoms with van der Waals surface area (Å²) in [4.78, 5) is 21.3. The minimum absolute atomic E-state index is 0.00406. The third-order valence-electron chi connectivity index (χ3n) is 4.02. The average Bonchev–Trinajstić information content (AvgIpc) is 2.69. The lowest BCUT2D eigenvalue weighted by Gasteiger charge is -2.14. The second-order valence-corrected chi connectivity index (χ2v) is 8.44. The number of halogens is 1. The zero-order valence-electron chi connectivity index (χ0n) is 15.7. The summed E-state index contributed by atoms with van der Waals surface area (Å²) in [5, 5.41) is 20.4. The van der Waals surface area contributed by atoms with Gasteiger partial charge in [-0.25, -0.2) is 8.42 Å². The van der Waals surface area contributed by atoms with Gasteiger partial charge in [0, 0.05) is 17.2 Å². The molecule has 3 aromatic rings. The van der Waals surface area contributed by atoms with Crippen LogP contribution in [0, 0.1) is 10.1 Å². The topological polar surface area (TPSA) is 136 Å². The molecule has 0 fully saturated rings. The monoisotopic (exact) mass is 462 g/mol. The van der Waals surface area contributed by atoms with Crippen LogP contribution in [0.1, 0.15) is 5.56 Å². The predicted molar refractivity (Wildman–Crippen MR) is 113 cm³/mol. The van der Waals surface area contributed by atoms with E-state index in [1.807, 2.05) is 0 Å². The number of sulfonamides is 1. The number of nitrogens with one attached hydrogen (secondary N) is 1. The lowest BCUT2D eigenvalue weighted by Crippen LogP contribution is -2.13. The highest BCUT2D eigenvalue weighted by atomic mass is 35.5. The SMILES string of the molecule is O=C(O)Cc1cccc(Oc2ccc([N+](=O)[O-])cc2NS(=O)(=O)c2ccc(Cl)cc2)c1. The van der Waals surface area contributed by atoms with E-state index in [0.717, 1.165) is 12.1 Å². The lowest BCUT2D eigenvalue weighted by molar-refractivity contribution is -0.384. The fourth-order valence-corrected chi connectivity index (χ4v) is 3.83. The first kappa shape index (κ1) is 22.1. The van der Waals surface area contributed by atoms with Gasteiger partial charge in [-0.2, -0.15) is 0 Å². The molecule has 3 rings (SSSR count). The Kier molecular flexibility index (Phi) is 6.42. The van der Waals surface area contributed by atoms with E-state index in [-0.39, 0.29) is 34.2 Å². The Morgan fingerprint density at radius 3 is 2.45 bits per heavy atom. The fourth-order valence-electron chi connectivity index (χ4n) is 2.64. The van der Waals surface area contributed by atoms with E-state index in [4.69, 9.17) is 21.4 Å². The van der Waals surface area contributed by atoms with Crippen LogP contribution in [0.2, 0.25) is 5.02 Å². The predicted octanol–water partition coefficient (Wildman–Crippen LogP) is 4.47. The highest BCUT2D eigenvalue weighted by Crippen LogP contribution is 2.34. The molecule has 0 amide bonds. The second-order valence-electron chi connectivity index (χ2n) is 6.32. The van der Waals surface area contributed by atoms with Crippen molar-refractivity contribution in [1.82, 2.24) is 0 Å². The number of carbonyl (C=O) groups is 1. The molecule has 160 valence electrons. The quantitative estimate of drug-likeness (QED) is 0.372. The van der Waals surface area contributed by atoms with Crippen molar-refractivity contribution in [3.05, 3.63) is 87.4 Å². The number of nitro benzene ring substituents is 1. The van der Waals surface area contributed by atoms with Crippen LogP contribution < -0.4 is 9.46 Å². The van der Waals surface area contributed by atoms with Crippen LogP contribution in [0.15, 0.2) is 71.6 Å².